The van der Waals surface area contributed by atoms with Crippen molar-refractivity contribution >= 4 is 11.8 Å². The van der Waals surface area contributed by atoms with Crippen LogP contribution in [0.4, 0.5) is 0 Å². The molecule has 0 radical (unpaired) electrons. The van der Waals surface area contributed by atoms with Gasteiger partial charge in [-0.05, 0) is 18.4 Å². The zero-order valence-electron chi connectivity index (χ0n) is 7.63. The third-order valence-electron chi connectivity index (χ3n) is 2.66. The van der Waals surface area contributed by atoms with Gasteiger partial charge in [0.05, 0.1) is 0 Å². The number of rotatable bonds is 1. The Bertz CT molecular complexity index is 301. The van der Waals surface area contributed by atoms with E-state index < -0.39 is 0 Å². The molecule has 2 aliphatic rings. The molecule has 0 bridgehead atoms. The van der Waals surface area contributed by atoms with E-state index in [0.29, 0.717) is 12.8 Å². The van der Waals surface area contributed by atoms with Gasteiger partial charge < -0.3 is 4.74 Å². The maximum atomic E-state index is 11.3. The van der Waals surface area contributed by atoms with E-state index in [9.17, 15) is 9.59 Å². The number of ketones is 1. The van der Waals surface area contributed by atoms with Crippen LogP contribution >= 0.6 is 0 Å². The van der Waals surface area contributed by atoms with Crippen LogP contribution in [0.5, 0.6) is 0 Å². The van der Waals surface area contributed by atoms with Crippen molar-refractivity contribution in [2.45, 2.75) is 38.7 Å². The second kappa shape index (κ2) is 2.98. The van der Waals surface area contributed by atoms with E-state index in [0.717, 1.165) is 24.0 Å². The van der Waals surface area contributed by atoms with Crippen molar-refractivity contribution < 1.29 is 14.3 Å². The number of carbonyl (C=O) groups is 2. The van der Waals surface area contributed by atoms with Gasteiger partial charge in [0, 0.05) is 25.3 Å². The maximum absolute atomic E-state index is 11.3. The molecule has 3 heteroatoms. The van der Waals surface area contributed by atoms with Crippen molar-refractivity contribution in [3.05, 3.63) is 11.1 Å². The summed E-state index contributed by atoms with van der Waals surface area (Å²) in [5, 5.41) is 0. The molecule has 70 valence electrons. The zero-order chi connectivity index (χ0) is 9.42. The molecule has 0 saturated heterocycles. The van der Waals surface area contributed by atoms with Gasteiger partial charge in [0.25, 0.3) is 0 Å². The summed E-state index contributed by atoms with van der Waals surface area (Å²) in [6.45, 7) is 1.41. The highest BCUT2D eigenvalue weighted by molar-refractivity contribution is 5.99. The number of hydrogen-bond donors (Lipinski definition) is 0. The minimum Gasteiger partial charge on any atom is -0.458 e. The predicted octanol–water partition coefficient (Wildman–Crippen LogP) is 1.37. The first-order valence-electron chi connectivity index (χ1n) is 4.61. The molecule has 1 atom stereocenters. The molecule has 0 N–H and O–H groups in total. The molecule has 0 spiro atoms. The molecule has 0 aromatic carbocycles. The molecule has 0 saturated carbocycles. The van der Waals surface area contributed by atoms with Crippen LogP contribution in [0, 0.1) is 0 Å². The maximum Gasteiger partial charge on any atom is 0.303 e. The first-order chi connectivity index (χ1) is 6.18. The third-order valence-corrected chi connectivity index (χ3v) is 2.66. The van der Waals surface area contributed by atoms with Gasteiger partial charge in [-0.15, -0.1) is 0 Å². The van der Waals surface area contributed by atoms with Gasteiger partial charge in [-0.25, -0.2) is 0 Å². The summed E-state index contributed by atoms with van der Waals surface area (Å²) in [5.41, 5.74) is 2.00. The molecule has 3 nitrogen and oxygen atoms in total. The molecule has 0 aromatic heterocycles. The molecular weight excluding hydrogens is 168 g/mol. The van der Waals surface area contributed by atoms with E-state index in [1.807, 2.05) is 0 Å². The van der Waals surface area contributed by atoms with E-state index in [-0.39, 0.29) is 17.9 Å². The van der Waals surface area contributed by atoms with E-state index >= 15 is 0 Å². The van der Waals surface area contributed by atoms with E-state index in [1.54, 1.807) is 0 Å². The first kappa shape index (κ1) is 8.48. The lowest BCUT2D eigenvalue weighted by Gasteiger charge is -2.34. The highest BCUT2D eigenvalue weighted by Crippen LogP contribution is 2.39. The normalized spacial score (nSPS) is 26.5. The Balaban J connectivity index is 2.08. The number of carbonyl (C=O) groups excluding carboxylic acids is 2. The number of Topliss-reactive ketones (excluding diaryl/α,β-unsaturated/α-hetero) is 1. The van der Waals surface area contributed by atoms with Gasteiger partial charge in [0.1, 0.15) is 6.10 Å². The van der Waals surface area contributed by atoms with Crippen LogP contribution < -0.4 is 0 Å². The van der Waals surface area contributed by atoms with Crippen LogP contribution in [0.1, 0.15) is 32.6 Å². The zero-order valence-corrected chi connectivity index (χ0v) is 7.63. The Labute approximate surface area is 76.8 Å². The van der Waals surface area contributed by atoms with Crippen LogP contribution in [-0.2, 0) is 14.3 Å². The quantitative estimate of drug-likeness (QED) is 0.572. The van der Waals surface area contributed by atoms with Crippen molar-refractivity contribution in [3.8, 4) is 0 Å². The highest BCUT2D eigenvalue weighted by Gasteiger charge is 2.37. The largest absolute Gasteiger partial charge is 0.458 e. The summed E-state index contributed by atoms with van der Waals surface area (Å²) < 4.78 is 5.05. The summed E-state index contributed by atoms with van der Waals surface area (Å²) in [5.74, 6) is -0.000718. The average molecular weight is 180 g/mol. The topological polar surface area (TPSA) is 43.4 Å². The van der Waals surface area contributed by atoms with Gasteiger partial charge in [0.2, 0.25) is 0 Å². The predicted molar refractivity (Wildman–Crippen MR) is 46.1 cm³/mol. The molecule has 1 unspecified atom stereocenters. The van der Waals surface area contributed by atoms with Crippen molar-refractivity contribution in [1.29, 1.82) is 0 Å². The summed E-state index contributed by atoms with van der Waals surface area (Å²) >= 11 is 0. The first-order valence-corrected chi connectivity index (χ1v) is 4.61. The van der Waals surface area contributed by atoms with Crippen molar-refractivity contribution in [2.75, 3.05) is 0 Å². The van der Waals surface area contributed by atoms with E-state index in [2.05, 4.69) is 0 Å². The summed E-state index contributed by atoms with van der Waals surface area (Å²) in [6, 6.07) is 0. The minimum absolute atomic E-state index is 0.0863. The van der Waals surface area contributed by atoms with Crippen LogP contribution in [0.3, 0.4) is 0 Å². The minimum atomic E-state index is -0.255. The Hall–Kier alpha value is -1.12. The number of hydrogen-bond acceptors (Lipinski definition) is 3. The van der Waals surface area contributed by atoms with Gasteiger partial charge in [-0.2, -0.15) is 0 Å². The molecule has 0 aliphatic heterocycles. The van der Waals surface area contributed by atoms with Crippen LogP contribution in [0.25, 0.3) is 0 Å². The molecule has 2 aliphatic carbocycles. The lowest BCUT2D eigenvalue weighted by atomic mass is 9.75. The second-order valence-corrected chi connectivity index (χ2v) is 3.58. The van der Waals surface area contributed by atoms with Gasteiger partial charge >= 0.3 is 5.97 Å². The van der Waals surface area contributed by atoms with Crippen molar-refractivity contribution in [3.63, 3.8) is 0 Å². The molecule has 0 fully saturated rings. The fourth-order valence-electron chi connectivity index (χ4n) is 2.01. The molecule has 13 heavy (non-hydrogen) atoms. The standard InChI is InChI=1S/C10H12O3/c1-6(11)13-10-5-8-7(10)3-2-4-9(8)12/h10H,2-5H2,1H3. The van der Waals surface area contributed by atoms with E-state index in [4.69, 9.17) is 4.74 Å². The van der Waals surface area contributed by atoms with Crippen molar-refractivity contribution in [1.82, 2.24) is 0 Å². The van der Waals surface area contributed by atoms with Crippen molar-refractivity contribution in [2.24, 2.45) is 0 Å². The Kier molecular flexibility index (Phi) is 1.94. The fourth-order valence-corrected chi connectivity index (χ4v) is 2.01. The fraction of sp³-hybridized carbons (Fsp3) is 0.600. The summed E-state index contributed by atoms with van der Waals surface area (Å²) in [4.78, 5) is 22.0. The van der Waals surface area contributed by atoms with Gasteiger partial charge in [0.15, 0.2) is 5.78 Å². The molecule has 2 rings (SSSR count). The molecule has 0 heterocycles. The van der Waals surface area contributed by atoms with Crippen LogP contribution in [0.15, 0.2) is 11.1 Å². The second-order valence-electron chi connectivity index (χ2n) is 3.58. The average Bonchev–Trinajstić information content (AvgIpc) is 2.03. The highest BCUT2D eigenvalue weighted by atomic mass is 16.5. The summed E-state index contributed by atoms with van der Waals surface area (Å²) in [7, 11) is 0. The Morgan fingerprint density at radius 3 is 2.92 bits per heavy atom. The SMILES string of the molecule is CC(=O)OC1CC2=C1CCCC2=O. The number of esters is 1. The smallest absolute Gasteiger partial charge is 0.303 e. The van der Waals surface area contributed by atoms with Gasteiger partial charge in [-0.1, -0.05) is 0 Å². The van der Waals surface area contributed by atoms with E-state index in [1.165, 1.54) is 6.92 Å². The summed E-state index contributed by atoms with van der Waals surface area (Å²) in [6.07, 6.45) is 3.07. The Morgan fingerprint density at radius 1 is 1.46 bits per heavy atom. The third kappa shape index (κ3) is 1.39. The lowest BCUT2D eigenvalue weighted by Crippen LogP contribution is -2.34. The molecular formula is C10H12O3. The Morgan fingerprint density at radius 2 is 2.23 bits per heavy atom. The van der Waals surface area contributed by atoms with Gasteiger partial charge in [-0.3, -0.25) is 9.59 Å². The monoisotopic (exact) mass is 180 g/mol. The number of ether oxygens (including phenoxy) is 1. The lowest BCUT2D eigenvalue weighted by molar-refractivity contribution is -0.146. The molecule has 0 amide bonds. The van der Waals surface area contributed by atoms with Crippen LogP contribution in [-0.4, -0.2) is 17.9 Å². The molecule has 0 aromatic rings. The van der Waals surface area contributed by atoms with Crippen LogP contribution in [0.2, 0.25) is 0 Å².